The third-order valence-corrected chi connectivity index (χ3v) is 6.42. The molecular weight excluding hydrogens is 377 g/mol. The highest BCUT2D eigenvalue weighted by Crippen LogP contribution is 2.25. The van der Waals surface area contributed by atoms with Crippen LogP contribution in [-0.4, -0.2) is 19.9 Å². The van der Waals surface area contributed by atoms with Gasteiger partial charge in [0.05, 0.1) is 16.8 Å². The van der Waals surface area contributed by atoms with Crippen LogP contribution in [0.3, 0.4) is 0 Å². The van der Waals surface area contributed by atoms with Gasteiger partial charge in [-0.05, 0) is 60.4 Å². The molecule has 1 N–H and O–H groups in total. The van der Waals surface area contributed by atoms with E-state index in [9.17, 15) is 12.8 Å². The summed E-state index contributed by atoms with van der Waals surface area (Å²) in [6.07, 6.45) is 2.64. The fraction of sp³-hybridized carbons (Fsp3) is 0.190. The average molecular weight is 397 g/mol. The van der Waals surface area contributed by atoms with Crippen LogP contribution in [0.4, 0.5) is 15.9 Å². The third kappa shape index (κ3) is 3.71. The summed E-state index contributed by atoms with van der Waals surface area (Å²) < 4.78 is 40.9. The average Bonchev–Trinajstić information content (AvgIpc) is 2.67. The molecule has 0 saturated carbocycles. The molecule has 0 atom stereocenters. The van der Waals surface area contributed by atoms with E-state index in [1.165, 1.54) is 23.3 Å². The summed E-state index contributed by atoms with van der Waals surface area (Å²) in [5, 5.41) is 0. The van der Waals surface area contributed by atoms with Crippen molar-refractivity contribution in [2.45, 2.75) is 24.8 Å². The molecule has 144 valence electrons. The Hall–Kier alpha value is -2.93. The minimum Gasteiger partial charge on any atom is -0.366 e. The highest BCUT2D eigenvalue weighted by molar-refractivity contribution is 7.92. The van der Waals surface area contributed by atoms with E-state index in [-0.39, 0.29) is 10.7 Å². The molecule has 0 bridgehead atoms. The van der Waals surface area contributed by atoms with Crippen molar-refractivity contribution in [3.63, 3.8) is 0 Å². The first-order valence-corrected chi connectivity index (χ1v) is 10.5. The minimum atomic E-state index is -3.83. The summed E-state index contributed by atoms with van der Waals surface area (Å²) in [5.41, 5.74) is 3.95. The molecule has 0 radical (unpaired) electrons. The van der Waals surface area contributed by atoms with E-state index in [2.05, 4.69) is 32.8 Å². The summed E-state index contributed by atoms with van der Waals surface area (Å²) in [5.74, 6) is -0.244. The molecule has 0 fully saturated rings. The second-order valence-electron chi connectivity index (χ2n) is 6.86. The monoisotopic (exact) mass is 397 g/mol. The van der Waals surface area contributed by atoms with Crippen LogP contribution in [-0.2, 0) is 23.0 Å². The maximum Gasteiger partial charge on any atom is 0.263 e. The lowest BCUT2D eigenvalue weighted by Crippen LogP contribution is -2.30. The number of nitrogens with zero attached hydrogens (tertiary/aromatic N) is 2. The van der Waals surface area contributed by atoms with Gasteiger partial charge in [0.2, 0.25) is 0 Å². The van der Waals surface area contributed by atoms with Crippen LogP contribution >= 0.6 is 0 Å². The van der Waals surface area contributed by atoms with Gasteiger partial charge in [0.1, 0.15) is 11.6 Å². The van der Waals surface area contributed by atoms with Crippen molar-refractivity contribution in [1.29, 1.82) is 0 Å². The van der Waals surface area contributed by atoms with Gasteiger partial charge in [-0.1, -0.05) is 24.3 Å². The van der Waals surface area contributed by atoms with E-state index >= 15 is 0 Å². The topological polar surface area (TPSA) is 62.3 Å². The highest BCUT2D eigenvalue weighted by atomic mass is 32.2. The van der Waals surface area contributed by atoms with E-state index in [0.29, 0.717) is 5.56 Å². The molecule has 7 heteroatoms. The molecule has 0 unspecified atom stereocenters. The molecule has 1 aliphatic rings. The smallest absolute Gasteiger partial charge is 0.263 e. The van der Waals surface area contributed by atoms with Crippen LogP contribution in [0.1, 0.15) is 16.7 Å². The van der Waals surface area contributed by atoms with Gasteiger partial charge in [0.15, 0.2) is 0 Å². The number of sulfonamides is 1. The van der Waals surface area contributed by atoms with Crippen LogP contribution in [0.5, 0.6) is 0 Å². The predicted octanol–water partition coefficient (Wildman–Crippen LogP) is 3.89. The highest BCUT2D eigenvalue weighted by Gasteiger charge is 2.19. The molecule has 2 heterocycles. The summed E-state index contributed by atoms with van der Waals surface area (Å²) in [4.78, 5) is 6.52. The Morgan fingerprint density at radius 3 is 2.57 bits per heavy atom. The quantitative estimate of drug-likeness (QED) is 0.725. The van der Waals surface area contributed by atoms with Crippen LogP contribution < -0.4 is 9.62 Å². The molecule has 28 heavy (non-hydrogen) atoms. The summed E-state index contributed by atoms with van der Waals surface area (Å²) in [6, 6.07) is 15.5. The molecule has 0 aliphatic carbocycles. The Bertz CT molecular complexity index is 1110. The van der Waals surface area contributed by atoms with Crippen molar-refractivity contribution in [2.75, 3.05) is 16.2 Å². The summed E-state index contributed by atoms with van der Waals surface area (Å²) in [6.45, 7) is 3.25. The lowest BCUT2D eigenvalue weighted by atomic mass is 10.00. The number of nitrogens with one attached hydrogen (secondary N) is 1. The maximum atomic E-state index is 13.2. The number of aryl methyl sites for hydroxylation is 1. The zero-order valence-electron chi connectivity index (χ0n) is 15.4. The van der Waals surface area contributed by atoms with Crippen LogP contribution in [0.25, 0.3) is 0 Å². The number of hydrogen-bond acceptors (Lipinski definition) is 4. The third-order valence-electron chi connectivity index (χ3n) is 4.91. The van der Waals surface area contributed by atoms with Gasteiger partial charge < -0.3 is 4.90 Å². The SMILES string of the molecule is Cc1cc(F)ccc1S(=O)(=O)Nc1ccc(N2CCc3ccccc3C2)cn1. The first kappa shape index (κ1) is 18.4. The lowest BCUT2D eigenvalue weighted by molar-refractivity contribution is 0.598. The number of aromatic nitrogens is 1. The fourth-order valence-corrected chi connectivity index (χ4v) is 4.69. The van der Waals surface area contributed by atoms with Gasteiger partial charge in [-0.25, -0.2) is 17.8 Å². The number of benzene rings is 2. The Labute approximate surface area is 163 Å². The Morgan fingerprint density at radius 1 is 1.07 bits per heavy atom. The van der Waals surface area contributed by atoms with E-state index in [4.69, 9.17) is 0 Å². The Balaban J connectivity index is 1.51. The molecule has 3 aromatic rings. The summed E-state index contributed by atoms with van der Waals surface area (Å²) >= 11 is 0. The molecule has 0 saturated heterocycles. The number of fused-ring (bicyclic) bond motifs is 1. The van der Waals surface area contributed by atoms with E-state index < -0.39 is 15.8 Å². The van der Waals surface area contributed by atoms with E-state index in [0.717, 1.165) is 31.3 Å². The first-order chi connectivity index (χ1) is 13.4. The second-order valence-corrected chi connectivity index (χ2v) is 8.51. The molecule has 5 nitrogen and oxygen atoms in total. The zero-order chi connectivity index (χ0) is 19.7. The first-order valence-electron chi connectivity index (χ1n) is 8.99. The second kappa shape index (κ2) is 7.24. The zero-order valence-corrected chi connectivity index (χ0v) is 16.2. The van der Waals surface area contributed by atoms with Crippen LogP contribution in [0.2, 0.25) is 0 Å². The Morgan fingerprint density at radius 2 is 1.86 bits per heavy atom. The number of anilines is 2. The van der Waals surface area contributed by atoms with Gasteiger partial charge in [0, 0.05) is 13.1 Å². The molecule has 1 aromatic heterocycles. The number of hydrogen-bond donors (Lipinski definition) is 1. The van der Waals surface area contributed by atoms with E-state index in [1.807, 2.05) is 12.1 Å². The van der Waals surface area contributed by atoms with Crippen molar-refractivity contribution < 1.29 is 12.8 Å². The van der Waals surface area contributed by atoms with Crippen molar-refractivity contribution >= 4 is 21.5 Å². The molecular formula is C21H20FN3O2S. The van der Waals surface area contributed by atoms with Gasteiger partial charge in [-0.15, -0.1) is 0 Å². The van der Waals surface area contributed by atoms with Crippen LogP contribution in [0, 0.1) is 12.7 Å². The standard InChI is InChI=1S/C21H20FN3O2S/c1-15-12-18(22)6-8-20(15)28(26,27)24-21-9-7-19(13-23-21)25-11-10-16-4-2-3-5-17(16)14-25/h2-9,12-13H,10-11,14H2,1H3,(H,23,24). The number of halogens is 1. The van der Waals surface area contributed by atoms with Gasteiger partial charge in [0.25, 0.3) is 10.0 Å². The maximum absolute atomic E-state index is 13.2. The molecule has 2 aromatic carbocycles. The Kier molecular flexibility index (Phi) is 4.77. The fourth-order valence-electron chi connectivity index (χ4n) is 3.46. The number of rotatable bonds is 4. The van der Waals surface area contributed by atoms with Crippen molar-refractivity contribution in [3.05, 3.63) is 83.3 Å². The van der Waals surface area contributed by atoms with Crippen molar-refractivity contribution in [3.8, 4) is 0 Å². The normalized spacial score (nSPS) is 13.9. The summed E-state index contributed by atoms with van der Waals surface area (Å²) in [7, 11) is -3.83. The minimum absolute atomic E-state index is 0.0346. The largest absolute Gasteiger partial charge is 0.366 e. The molecule has 0 amide bonds. The van der Waals surface area contributed by atoms with Gasteiger partial charge in [-0.3, -0.25) is 4.72 Å². The molecule has 4 rings (SSSR count). The lowest BCUT2D eigenvalue weighted by Gasteiger charge is -2.30. The molecule has 0 spiro atoms. The van der Waals surface area contributed by atoms with Gasteiger partial charge >= 0.3 is 0 Å². The predicted molar refractivity (Wildman–Crippen MR) is 107 cm³/mol. The van der Waals surface area contributed by atoms with Crippen LogP contribution in [0.15, 0.2) is 65.7 Å². The van der Waals surface area contributed by atoms with Crippen molar-refractivity contribution in [1.82, 2.24) is 4.98 Å². The number of pyridine rings is 1. The van der Waals surface area contributed by atoms with E-state index in [1.54, 1.807) is 19.2 Å². The van der Waals surface area contributed by atoms with Gasteiger partial charge in [-0.2, -0.15) is 0 Å². The van der Waals surface area contributed by atoms with Crippen molar-refractivity contribution in [2.24, 2.45) is 0 Å². The molecule has 1 aliphatic heterocycles.